The lowest BCUT2D eigenvalue weighted by Crippen LogP contribution is -2.66. The summed E-state index contributed by atoms with van der Waals surface area (Å²) in [6.45, 7) is 13.7. The zero-order valence-corrected chi connectivity index (χ0v) is 33.5. The SMILES string of the molecule is C[C@H](C[C@@H](O)[C@@H]1O[C@]1(C)[C@@H]1CCC[C@@H]1c1cccc(N)c1)C1=C2CC[C@H]3[C@@]4(C)C[C@@H](c5cccc(O)c5)C(=O)C(C)(C)[C@@H]4CC[C@]34CCC[C@H](C1=O)[C@@]24C. The van der Waals surface area contributed by atoms with Crippen molar-refractivity contribution in [3.05, 3.63) is 70.8 Å². The summed E-state index contributed by atoms with van der Waals surface area (Å²) in [7, 11) is 0. The van der Waals surface area contributed by atoms with Crippen LogP contribution in [0.15, 0.2) is 59.7 Å². The van der Waals surface area contributed by atoms with Gasteiger partial charge in [-0.1, -0.05) is 77.3 Å². The normalized spacial score (nSPS) is 43.3. The average Bonchev–Trinajstić information content (AvgIpc) is 3.46. The number of aliphatic hydroxyl groups is 1. The molecule has 1 aliphatic heterocycles. The van der Waals surface area contributed by atoms with Crippen LogP contribution in [0, 0.1) is 51.2 Å². The summed E-state index contributed by atoms with van der Waals surface area (Å²) in [6, 6.07) is 15.7. The molecular formula is C48H63NO5. The quantitative estimate of drug-likeness (QED) is 0.193. The van der Waals surface area contributed by atoms with Gasteiger partial charge in [0.1, 0.15) is 17.6 Å². The van der Waals surface area contributed by atoms with Crippen molar-refractivity contribution in [2.45, 2.75) is 148 Å². The Hall–Kier alpha value is -2.96. The van der Waals surface area contributed by atoms with Gasteiger partial charge in [-0.25, -0.2) is 0 Å². The Morgan fingerprint density at radius 2 is 1.65 bits per heavy atom. The van der Waals surface area contributed by atoms with Gasteiger partial charge in [-0.2, -0.15) is 0 Å². The van der Waals surface area contributed by atoms with Gasteiger partial charge in [0.25, 0.3) is 0 Å². The molecule has 1 saturated heterocycles. The van der Waals surface area contributed by atoms with Gasteiger partial charge in [0.2, 0.25) is 0 Å². The molecule has 5 saturated carbocycles. The summed E-state index contributed by atoms with van der Waals surface area (Å²) in [5.74, 6) is 2.03. The van der Waals surface area contributed by atoms with Gasteiger partial charge < -0.3 is 20.7 Å². The molecule has 1 spiro atoms. The van der Waals surface area contributed by atoms with Crippen LogP contribution in [0.25, 0.3) is 0 Å². The number of aliphatic hydroxyl groups excluding tert-OH is 1. The topological polar surface area (TPSA) is 113 Å². The van der Waals surface area contributed by atoms with Crippen LogP contribution in [0.4, 0.5) is 5.69 Å². The van der Waals surface area contributed by atoms with E-state index in [2.05, 4.69) is 53.7 Å². The number of nitrogen functional groups attached to an aromatic ring is 1. The van der Waals surface area contributed by atoms with E-state index in [1.165, 1.54) is 11.1 Å². The van der Waals surface area contributed by atoms with E-state index in [1.807, 2.05) is 24.3 Å². The van der Waals surface area contributed by atoms with Crippen LogP contribution in [0.2, 0.25) is 0 Å². The highest BCUT2D eigenvalue weighted by Gasteiger charge is 2.73. The molecule has 6 aliphatic carbocycles. The lowest BCUT2D eigenvalue weighted by molar-refractivity contribution is -0.206. The number of anilines is 1. The number of nitrogens with two attached hydrogens (primary N) is 1. The van der Waals surface area contributed by atoms with E-state index in [9.17, 15) is 19.8 Å². The third-order valence-electron chi connectivity index (χ3n) is 17.9. The van der Waals surface area contributed by atoms with Gasteiger partial charge in [-0.15, -0.1) is 0 Å². The molecule has 2 aromatic carbocycles. The smallest absolute Gasteiger partial charge is 0.163 e. The van der Waals surface area contributed by atoms with Crippen LogP contribution in [0.5, 0.6) is 5.75 Å². The summed E-state index contributed by atoms with van der Waals surface area (Å²) >= 11 is 0. The van der Waals surface area contributed by atoms with Crippen LogP contribution < -0.4 is 5.73 Å². The molecule has 54 heavy (non-hydrogen) atoms. The van der Waals surface area contributed by atoms with Gasteiger partial charge in [-0.05, 0) is 153 Å². The van der Waals surface area contributed by atoms with Crippen molar-refractivity contribution in [2.75, 3.05) is 5.73 Å². The van der Waals surface area contributed by atoms with Gasteiger partial charge in [0.15, 0.2) is 5.78 Å². The third kappa shape index (κ3) is 4.90. The van der Waals surface area contributed by atoms with Crippen molar-refractivity contribution in [3.8, 4) is 5.75 Å². The number of ketones is 2. The Labute approximate surface area is 322 Å². The number of hydrogen-bond donors (Lipinski definition) is 3. The molecule has 290 valence electrons. The molecule has 1 heterocycles. The molecule has 0 amide bonds. The number of aromatic hydroxyl groups is 1. The van der Waals surface area contributed by atoms with Crippen molar-refractivity contribution in [2.24, 2.45) is 51.2 Å². The third-order valence-corrected chi connectivity index (χ3v) is 17.9. The maximum atomic E-state index is 14.9. The number of Topliss-reactive ketones (excluding diaryl/α,β-unsaturated/α-hetero) is 2. The fraction of sp³-hybridized carbons (Fsp3) is 0.667. The second kappa shape index (κ2) is 12.3. The van der Waals surface area contributed by atoms with Gasteiger partial charge >= 0.3 is 0 Å². The first kappa shape index (κ1) is 36.7. The average molecular weight is 734 g/mol. The molecule has 4 N–H and O–H groups in total. The van der Waals surface area contributed by atoms with E-state index in [4.69, 9.17) is 10.5 Å². The summed E-state index contributed by atoms with van der Waals surface area (Å²) in [5.41, 5.74) is 10.5. The van der Waals surface area contributed by atoms with E-state index < -0.39 is 11.5 Å². The fourth-order valence-electron chi connectivity index (χ4n) is 15.6. The largest absolute Gasteiger partial charge is 0.508 e. The number of fused-ring (bicyclic) bond motifs is 2. The lowest BCUT2D eigenvalue weighted by atomic mass is 9.32. The van der Waals surface area contributed by atoms with Crippen molar-refractivity contribution >= 4 is 17.3 Å². The minimum atomic E-state index is -0.626. The van der Waals surface area contributed by atoms with E-state index in [-0.39, 0.29) is 57.4 Å². The first-order valence-corrected chi connectivity index (χ1v) is 21.4. The van der Waals surface area contributed by atoms with Crippen molar-refractivity contribution in [3.63, 3.8) is 0 Å². The number of ether oxygens (including phenoxy) is 1. The highest BCUT2D eigenvalue weighted by atomic mass is 16.6. The molecule has 0 unspecified atom stereocenters. The molecule has 0 radical (unpaired) electrons. The summed E-state index contributed by atoms with van der Waals surface area (Å²) in [5, 5.41) is 22.3. The van der Waals surface area contributed by atoms with Gasteiger partial charge in [-0.3, -0.25) is 9.59 Å². The Morgan fingerprint density at radius 1 is 0.889 bits per heavy atom. The molecule has 0 aromatic heterocycles. The number of allylic oxidation sites excluding steroid dienone is 2. The number of benzene rings is 2. The van der Waals surface area contributed by atoms with Crippen LogP contribution in [-0.4, -0.2) is 39.6 Å². The van der Waals surface area contributed by atoms with Crippen molar-refractivity contribution in [1.29, 1.82) is 0 Å². The Morgan fingerprint density at radius 3 is 2.41 bits per heavy atom. The summed E-state index contributed by atoms with van der Waals surface area (Å²) < 4.78 is 6.50. The van der Waals surface area contributed by atoms with Gasteiger partial charge in [0.05, 0.1) is 11.7 Å². The van der Waals surface area contributed by atoms with E-state index >= 15 is 0 Å². The van der Waals surface area contributed by atoms with Crippen LogP contribution >= 0.6 is 0 Å². The Kier molecular flexibility index (Phi) is 8.33. The molecule has 13 atom stereocenters. The molecule has 9 rings (SSSR count). The number of phenols is 1. The first-order valence-electron chi connectivity index (χ1n) is 21.4. The lowest BCUT2D eigenvalue weighted by Gasteiger charge is -2.71. The number of rotatable bonds is 7. The molecule has 6 nitrogen and oxygen atoms in total. The predicted molar refractivity (Wildman–Crippen MR) is 212 cm³/mol. The Balaban J connectivity index is 1.000. The minimum Gasteiger partial charge on any atom is -0.508 e. The fourth-order valence-corrected chi connectivity index (χ4v) is 15.6. The zero-order chi connectivity index (χ0) is 38.2. The summed E-state index contributed by atoms with van der Waals surface area (Å²) in [4.78, 5) is 29.2. The van der Waals surface area contributed by atoms with E-state index in [1.54, 1.807) is 12.1 Å². The number of carbonyl (C=O) groups is 2. The molecule has 6 heteroatoms. The number of phenolic OH excluding ortho intramolecular Hbond substituents is 1. The van der Waals surface area contributed by atoms with Gasteiger partial charge in [0, 0.05) is 28.4 Å². The van der Waals surface area contributed by atoms with E-state index in [0.717, 1.165) is 87.5 Å². The zero-order valence-electron chi connectivity index (χ0n) is 33.5. The minimum absolute atomic E-state index is 0.00103. The molecular weight excluding hydrogens is 671 g/mol. The van der Waals surface area contributed by atoms with Crippen LogP contribution in [0.3, 0.4) is 0 Å². The summed E-state index contributed by atoms with van der Waals surface area (Å²) in [6.07, 6.45) is 11.1. The highest BCUT2D eigenvalue weighted by molar-refractivity contribution is 6.02. The second-order valence-electron chi connectivity index (χ2n) is 20.4. The monoisotopic (exact) mass is 733 g/mol. The highest BCUT2D eigenvalue weighted by Crippen LogP contribution is 2.78. The number of hydrogen-bond acceptors (Lipinski definition) is 6. The number of carbonyl (C=O) groups excluding carboxylic acids is 2. The first-order chi connectivity index (χ1) is 25.6. The number of epoxide rings is 1. The maximum absolute atomic E-state index is 14.9. The second-order valence-corrected chi connectivity index (χ2v) is 20.4. The van der Waals surface area contributed by atoms with Crippen molar-refractivity contribution < 1.29 is 24.5 Å². The molecule has 0 bridgehead atoms. The molecule has 7 aliphatic rings. The molecule has 6 fully saturated rings. The van der Waals surface area contributed by atoms with E-state index in [0.29, 0.717) is 35.7 Å². The maximum Gasteiger partial charge on any atom is 0.163 e. The predicted octanol–water partition coefficient (Wildman–Crippen LogP) is 9.68. The molecule has 2 aromatic rings. The van der Waals surface area contributed by atoms with Crippen LogP contribution in [0.1, 0.15) is 142 Å². The standard InChI is InChI=1S/C48H63NO5/c1-27(23-37(51)43-47(6,54-43)34-16-9-15-32(34)28-11-7-13-30(49)24-28)40-35-18-19-39-45(4)26-33(29-12-8-14-31(50)25-29)42(53)44(2,3)38(45)20-22-48(39)21-10-17-36(41(40)52)46(35,48)5/h7-8,11-14,24-25,27,32-34,36-39,43,50-51H,9-10,15-23,26,49H2,1-6H3/t27-,32-,33+,34-,36-,37-,38+,39+,43+,45+,46-,47-,48-/m1/s1. The van der Waals surface area contributed by atoms with Crippen LogP contribution in [-0.2, 0) is 14.3 Å². The van der Waals surface area contributed by atoms with Crippen molar-refractivity contribution in [1.82, 2.24) is 0 Å². The Bertz CT molecular complexity index is 1920.